The maximum Gasteiger partial charge on any atom is 0.418 e. The number of aliphatic hydroxyl groups is 1. The molecule has 0 bridgehead atoms. The highest BCUT2D eigenvalue weighted by molar-refractivity contribution is 5.95. The molecule has 178 valence electrons. The van der Waals surface area contributed by atoms with Crippen LogP contribution in [0.1, 0.15) is 43.2 Å². The molecule has 3 atom stereocenters. The number of anilines is 1. The molecule has 1 saturated heterocycles. The Kier molecular flexibility index (Phi) is 6.19. The van der Waals surface area contributed by atoms with Crippen LogP contribution in [0.15, 0.2) is 42.7 Å². The highest BCUT2D eigenvalue weighted by atomic mass is 19.4. The number of rotatable bonds is 7. The SMILES string of the molecule is NC(CCC1CC1)(c1ccncc1)c1ccc(F)c(NC(=O)[C@H]2C[C@](O)(C(F)(F)F)CN2)c1. The van der Waals surface area contributed by atoms with Gasteiger partial charge in [-0.15, -0.1) is 0 Å². The molecule has 6 nitrogen and oxygen atoms in total. The molecular weight excluding hydrogens is 440 g/mol. The number of hydrogen-bond donors (Lipinski definition) is 4. The third-order valence-corrected chi connectivity index (χ3v) is 6.61. The summed E-state index contributed by atoms with van der Waals surface area (Å²) < 4.78 is 53.7. The number of hydrogen-bond acceptors (Lipinski definition) is 5. The van der Waals surface area contributed by atoms with Crippen LogP contribution in [-0.4, -0.2) is 40.4 Å². The molecule has 2 fully saturated rings. The van der Waals surface area contributed by atoms with Crippen molar-refractivity contribution >= 4 is 11.6 Å². The first-order valence-electron chi connectivity index (χ1n) is 10.8. The summed E-state index contributed by atoms with van der Waals surface area (Å²) in [7, 11) is 0. The van der Waals surface area contributed by atoms with Gasteiger partial charge < -0.3 is 21.5 Å². The number of nitrogens with two attached hydrogens (primary N) is 1. The Morgan fingerprint density at radius 1 is 1.21 bits per heavy atom. The van der Waals surface area contributed by atoms with E-state index in [2.05, 4.69) is 15.6 Å². The Balaban J connectivity index is 1.57. The van der Waals surface area contributed by atoms with E-state index in [4.69, 9.17) is 5.73 Å². The quantitative estimate of drug-likeness (QED) is 0.470. The van der Waals surface area contributed by atoms with Gasteiger partial charge in [-0.3, -0.25) is 9.78 Å². The number of pyridine rings is 1. The lowest BCUT2D eigenvalue weighted by atomic mass is 9.79. The molecule has 0 radical (unpaired) electrons. The number of aromatic nitrogens is 1. The minimum absolute atomic E-state index is 0.183. The zero-order valence-electron chi connectivity index (χ0n) is 17.8. The zero-order valence-corrected chi connectivity index (χ0v) is 17.8. The molecule has 33 heavy (non-hydrogen) atoms. The van der Waals surface area contributed by atoms with Crippen molar-refractivity contribution in [3.8, 4) is 0 Å². The van der Waals surface area contributed by atoms with Crippen molar-refractivity contribution < 1.29 is 27.5 Å². The highest BCUT2D eigenvalue weighted by Crippen LogP contribution is 2.41. The molecule has 1 aliphatic heterocycles. The number of β-amino-alcohol motifs (C(OH)–C–C–N with tert-alkyl or cyclic N) is 1. The van der Waals surface area contributed by atoms with Gasteiger partial charge in [0.2, 0.25) is 5.91 Å². The Labute approximate surface area is 188 Å². The van der Waals surface area contributed by atoms with Crippen LogP contribution in [0.2, 0.25) is 0 Å². The third-order valence-electron chi connectivity index (χ3n) is 6.61. The van der Waals surface area contributed by atoms with E-state index >= 15 is 0 Å². The molecule has 4 rings (SSSR count). The highest BCUT2D eigenvalue weighted by Gasteiger charge is 2.58. The van der Waals surface area contributed by atoms with E-state index < -0.39 is 48.0 Å². The van der Waals surface area contributed by atoms with Crippen LogP contribution >= 0.6 is 0 Å². The van der Waals surface area contributed by atoms with Gasteiger partial charge in [0.25, 0.3) is 0 Å². The van der Waals surface area contributed by atoms with Gasteiger partial charge in [0.05, 0.1) is 17.3 Å². The average Bonchev–Trinajstić information content (AvgIpc) is 3.52. The normalized spacial score (nSPS) is 25.0. The predicted molar refractivity (Wildman–Crippen MR) is 114 cm³/mol. The second-order valence-electron chi connectivity index (χ2n) is 9.04. The lowest BCUT2D eigenvalue weighted by Crippen LogP contribution is -2.46. The summed E-state index contributed by atoms with van der Waals surface area (Å²) in [5, 5.41) is 14.5. The topological polar surface area (TPSA) is 100 Å². The minimum Gasteiger partial charge on any atom is -0.379 e. The summed E-state index contributed by atoms with van der Waals surface area (Å²) in [5.41, 5.74) is 4.04. The van der Waals surface area contributed by atoms with Gasteiger partial charge in [-0.25, -0.2) is 4.39 Å². The van der Waals surface area contributed by atoms with Crippen molar-refractivity contribution in [3.63, 3.8) is 0 Å². The number of carbonyl (C=O) groups is 1. The average molecular weight is 466 g/mol. The molecule has 2 aromatic rings. The Bertz CT molecular complexity index is 1020. The molecule has 1 unspecified atom stereocenters. The predicted octanol–water partition coefficient (Wildman–Crippen LogP) is 3.21. The van der Waals surface area contributed by atoms with Gasteiger partial charge in [-0.2, -0.15) is 13.2 Å². The summed E-state index contributed by atoms with van der Waals surface area (Å²) >= 11 is 0. The smallest absolute Gasteiger partial charge is 0.379 e. The van der Waals surface area contributed by atoms with Crippen molar-refractivity contribution in [2.75, 3.05) is 11.9 Å². The van der Waals surface area contributed by atoms with Gasteiger partial charge in [-0.05, 0) is 54.2 Å². The van der Waals surface area contributed by atoms with E-state index in [9.17, 15) is 27.5 Å². The first kappa shape index (κ1) is 23.6. The number of alkyl halides is 3. The largest absolute Gasteiger partial charge is 0.418 e. The molecule has 1 amide bonds. The second-order valence-corrected chi connectivity index (χ2v) is 9.04. The Morgan fingerprint density at radius 3 is 2.52 bits per heavy atom. The molecular formula is C23H26F4N4O2. The molecule has 1 aromatic heterocycles. The Morgan fingerprint density at radius 2 is 1.91 bits per heavy atom. The molecule has 1 aliphatic carbocycles. The van der Waals surface area contributed by atoms with Crippen LogP contribution in [0, 0.1) is 11.7 Å². The standard InChI is InChI=1S/C23H26F4N4O2/c24-17-4-3-16(22(28,8-5-14-1-2-14)15-6-9-29-10-7-15)11-18(17)31-20(32)19-12-21(33,13-30-19)23(25,26)27/h3-4,6-7,9-11,14,19,30,33H,1-2,5,8,12-13,28H2,(H,31,32)/t19-,21-,22?/m1/s1. The van der Waals surface area contributed by atoms with E-state index in [0.717, 1.165) is 24.8 Å². The first-order chi connectivity index (χ1) is 15.5. The lowest BCUT2D eigenvalue weighted by Gasteiger charge is -2.31. The fourth-order valence-electron chi connectivity index (χ4n) is 4.24. The van der Waals surface area contributed by atoms with Crippen molar-refractivity contribution in [1.29, 1.82) is 0 Å². The summed E-state index contributed by atoms with van der Waals surface area (Å²) in [5.74, 6) is -0.999. The first-order valence-corrected chi connectivity index (χ1v) is 10.8. The number of benzene rings is 1. The summed E-state index contributed by atoms with van der Waals surface area (Å²) in [4.78, 5) is 16.6. The van der Waals surface area contributed by atoms with Crippen LogP contribution < -0.4 is 16.4 Å². The lowest BCUT2D eigenvalue weighted by molar-refractivity contribution is -0.252. The maximum atomic E-state index is 14.6. The van der Waals surface area contributed by atoms with E-state index in [1.54, 1.807) is 30.6 Å². The molecule has 5 N–H and O–H groups in total. The van der Waals surface area contributed by atoms with Crippen LogP contribution in [0.3, 0.4) is 0 Å². The van der Waals surface area contributed by atoms with E-state index in [1.807, 2.05) is 0 Å². The molecule has 2 aliphatic rings. The van der Waals surface area contributed by atoms with Gasteiger partial charge in [0.15, 0.2) is 5.60 Å². The number of amides is 1. The van der Waals surface area contributed by atoms with Crippen molar-refractivity contribution in [2.45, 2.75) is 55.5 Å². The zero-order chi connectivity index (χ0) is 23.9. The van der Waals surface area contributed by atoms with Crippen LogP contribution in [0.5, 0.6) is 0 Å². The fourth-order valence-corrected chi connectivity index (χ4v) is 4.24. The maximum absolute atomic E-state index is 14.6. The Hall–Kier alpha value is -2.56. The number of halogens is 4. The van der Waals surface area contributed by atoms with Crippen molar-refractivity contribution in [3.05, 3.63) is 59.7 Å². The van der Waals surface area contributed by atoms with Crippen LogP contribution in [0.4, 0.5) is 23.2 Å². The number of nitrogens with one attached hydrogen (secondary N) is 2. The second kappa shape index (κ2) is 8.66. The van der Waals surface area contributed by atoms with Gasteiger partial charge >= 0.3 is 6.18 Å². The monoisotopic (exact) mass is 466 g/mol. The number of nitrogens with zero attached hydrogens (tertiary/aromatic N) is 1. The summed E-state index contributed by atoms with van der Waals surface area (Å²) in [6, 6.07) is 6.40. The fraction of sp³-hybridized carbons (Fsp3) is 0.478. The van der Waals surface area contributed by atoms with Gasteiger partial charge in [-0.1, -0.05) is 18.9 Å². The third kappa shape index (κ3) is 4.87. The van der Waals surface area contributed by atoms with Gasteiger partial charge in [0.1, 0.15) is 5.82 Å². The molecule has 0 spiro atoms. The van der Waals surface area contributed by atoms with Crippen molar-refractivity contribution in [1.82, 2.24) is 10.3 Å². The molecule has 2 heterocycles. The molecule has 1 aromatic carbocycles. The van der Waals surface area contributed by atoms with Gasteiger partial charge in [0, 0.05) is 25.4 Å². The minimum atomic E-state index is -4.88. The molecule has 10 heteroatoms. The van der Waals surface area contributed by atoms with E-state index in [0.29, 0.717) is 17.9 Å². The molecule has 1 saturated carbocycles. The van der Waals surface area contributed by atoms with E-state index in [1.165, 1.54) is 12.1 Å². The van der Waals surface area contributed by atoms with Crippen LogP contribution in [-0.2, 0) is 10.3 Å². The number of carbonyl (C=O) groups excluding carboxylic acids is 1. The van der Waals surface area contributed by atoms with Crippen molar-refractivity contribution in [2.24, 2.45) is 11.7 Å². The van der Waals surface area contributed by atoms with E-state index in [-0.39, 0.29) is 5.69 Å². The van der Waals surface area contributed by atoms with Crippen LogP contribution in [0.25, 0.3) is 0 Å². The summed E-state index contributed by atoms with van der Waals surface area (Å²) in [6.45, 7) is -0.813. The summed E-state index contributed by atoms with van der Waals surface area (Å²) in [6.07, 6.45) is 1.28.